The number of unbranched alkanes of at least 4 members (excludes halogenated alkanes) is 5. The molecular formula is C16H35NO2. The molecule has 1 N–H and O–H groups in total. The van der Waals surface area contributed by atoms with Crippen LogP contribution in [-0.2, 0) is 9.47 Å². The summed E-state index contributed by atoms with van der Waals surface area (Å²) in [6.07, 6.45) is 9.42. The smallest absolute Gasteiger partial charge is 0.0590 e. The van der Waals surface area contributed by atoms with Gasteiger partial charge in [0.05, 0.1) is 12.7 Å². The number of rotatable bonds is 15. The first-order chi connectivity index (χ1) is 9.27. The fourth-order valence-electron chi connectivity index (χ4n) is 1.87. The largest absolute Gasteiger partial charge is 0.380 e. The molecule has 0 bridgehead atoms. The summed E-state index contributed by atoms with van der Waals surface area (Å²) < 4.78 is 11.1. The first-order valence-corrected chi connectivity index (χ1v) is 8.17. The molecule has 0 aliphatic rings. The van der Waals surface area contributed by atoms with Gasteiger partial charge in [-0.2, -0.15) is 0 Å². The summed E-state index contributed by atoms with van der Waals surface area (Å²) in [5, 5.41) is 3.37. The van der Waals surface area contributed by atoms with Gasteiger partial charge in [0.25, 0.3) is 0 Å². The lowest BCUT2D eigenvalue weighted by molar-refractivity contribution is 0.0763. The second-order valence-electron chi connectivity index (χ2n) is 5.40. The van der Waals surface area contributed by atoms with E-state index in [0.717, 1.165) is 39.3 Å². The van der Waals surface area contributed by atoms with Crippen LogP contribution in [0.1, 0.15) is 65.7 Å². The first-order valence-electron chi connectivity index (χ1n) is 8.17. The molecule has 0 aromatic heterocycles. The van der Waals surface area contributed by atoms with Gasteiger partial charge in [-0.3, -0.25) is 0 Å². The highest BCUT2D eigenvalue weighted by atomic mass is 16.5. The molecule has 0 aliphatic heterocycles. The highest BCUT2D eigenvalue weighted by molar-refractivity contribution is 4.48. The Morgan fingerprint density at radius 1 is 0.789 bits per heavy atom. The molecular weight excluding hydrogens is 238 g/mol. The zero-order valence-corrected chi connectivity index (χ0v) is 13.4. The molecule has 0 saturated carbocycles. The third-order valence-electron chi connectivity index (χ3n) is 3.01. The van der Waals surface area contributed by atoms with Gasteiger partial charge in [0.15, 0.2) is 0 Å². The van der Waals surface area contributed by atoms with E-state index in [-0.39, 0.29) is 0 Å². The van der Waals surface area contributed by atoms with E-state index >= 15 is 0 Å². The predicted molar refractivity (Wildman–Crippen MR) is 82.8 cm³/mol. The van der Waals surface area contributed by atoms with Gasteiger partial charge in [0, 0.05) is 19.8 Å². The molecule has 3 heteroatoms. The standard InChI is InChI=1S/C16H35NO2/c1-4-5-6-7-8-9-13-18-15-12-17-11-10-14-19-16(2)3/h16-17H,4-15H2,1-3H3. The minimum absolute atomic E-state index is 0.348. The van der Waals surface area contributed by atoms with Gasteiger partial charge in [-0.05, 0) is 33.2 Å². The third kappa shape index (κ3) is 17.9. The van der Waals surface area contributed by atoms with Crippen molar-refractivity contribution >= 4 is 0 Å². The van der Waals surface area contributed by atoms with Gasteiger partial charge in [0.2, 0.25) is 0 Å². The first kappa shape index (κ1) is 18.9. The molecule has 0 amide bonds. The summed E-state index contributed by atoms with van der Waals surface area (Å²) in [7, 11) is 0. The molecule has 0 saturated heterocycles. The van der Waals surface area contributed by atoms with Gasteiger partial charge in [-0.25, -0.2) is 0 Å². The summed E-state index contributed by atoms with van der Waals surface area (Å²) in [6.45, 7) is 11.0. The van der Waals surface area contributed by atoms with Crippen molar-refractivity contribution in [2.45, 2.75) is 71.8 Å². The van der Waals surface area contributed by atoms with Crippen molar-refractivity contribution in [2.75, 3.05) is 32.9 Å². The van der Waals surface area contributed by atoms with E-state index in [1.165, 1.54) is 38.5 Å². The van der Waals surface area contributed by atoms with Crippen LogP contribution in [0.2, 0.25) is 0 Å². The number of hydrogen-bond acceptors (Lipinski definition) is 3. The van der Waals surface area contributed by atoms with Crippen LogP contribution in [0.15, 0.2) is 0 Å². The Hall–Kier alpha value is -0.120. The van der Waals surface area contributed by atoms with Crippen LogP contribution in [0.25, 0.3) is 0 Å². The quantitative estimate of drug-likeness (QED) is 0.461. The van der Waals surface area contributed by atoms with E-state index < -0.39 is 0 Å². The SMILES string of the molecule is CCCCCCCCOCCNCCCOC(C)C. The minimum atomic E-state index is 0.348. The van der Waals surface area contributed by atoms with E-state index in [0.29, 0.717) is 6.10 Å². The van der Waals surface area contributed by atoms with Crippen LogP contribution in [0.5, 0.6) is 0 Å². The average Bonchev–Trinajstić information content (AvgIpc) is 2.39. The molecule has 0 unspecified atom stereocenters. The van der Waals surface area contributed by atoms with Gasteiger partial charge in [-0.1, -0.05) is 39.0 Å². The minimum Gasteiger partial charge on any atom is -0.380 e. The Kier molecular flexibility index (Phi) is 15.8. The number of hydrogen-bond donors (Lipinski definition) is 1. The van der Waals surface area contributed by atoms with E-state index in [9.17, 15) is 0 Å². The Labute approximate surface area is 120 Å². The van der Waals surface area contributed by atoms with Crippen molar-refractivity contribution in [1.29, 1.82) is 0 Å². The zero-order valence-electron chi connectivity index (χ0n) is 13.4. The molecule has 0 aromatic rings. The summed E-state index contributed by atoms with van der Waals surface area (Å²) in [6, 6.07) is 0. The molecule has 19 heavy (non-hydrogen) atoms. The van der Waals surface area contributed by atoms with Crippen LogP contribution in [0, 0.1) is 0 Å². The summed E-state index contributed by atoms with van der Waals surface area (Å²) >= 11 is 0. The second-order valence-corrected chi connectivity index (χ2v) is 5.40. The van der Waals surface area contributed by atoms with Crippen LogP contribution < -0.4 is 5.32 Å². The molecule has 0 atom stereocenters. The fourth-order valence-corrected chi connectivity index (χ4v) is 1.87. The highest BCUT2D eigenvalue weighted by Gasteiger charge is 1.94. The van der Waals surface area contributed by atoms with Gasteiger partial charge >= 0.3 is 0 Å². The van der Waals surface area contributed by atoms with Crippen LogP contribution in [0.4, 0.5) is 0 Å². The van der Waals surface area contributed by atoms with Crippen molar-refractivity contribution in [1.82, 2.24) is 5.32 Å². The van der Waals surface area contributed by atoms with Gasteiger partial charge in [0.1, 0.15) is 0 Å². The van der Waals surface area contributed by atoms with E-state index in [4.69, 9.17) is 9.47 Å². The lowest BCUT2D eigenvalue weighted by Gasteiger charge is -2.08. The topological polar surface area (TPSA) is 30.5 Å². The number of ether oxygens (including phenoxy) is 2. The lowest BCUT2D eigenvalue weighted by Crippen LogP contribution is -2.22. The average molecular weight is 273 g/mol. The molecule has 0 fully saturated rings. The molecule has 0 rings (SSSR count). The molecule has 0 heterocycles. The van der Waals surface area contributed by atoms with E-state index in [1.807, 2.05) is 0 Å². The maximum Gasteiger partial charge on any atom is 0.0590 e. The van der Waals surface area contributed by atoms with E-state index in [1.54, 1.807) is 0 Å². The van der Waals surface area contributed by atoms with Gasteiger partial charge < -0.3 is 14.8 Å². The monoisotopic (exact) mass is 273 g/mol. The molecule has 3 nitrogen and oxygen atoms in total. The summed E-state index contributed by atoms with van der Waals surface area (Å²) in [5.74, 6) is 0. The Bertz CT molecular complexity index is 163. The summed E-state index contributed by atoms with van der Waals surface area (Å²) in [4.78, 5) is 0. The summed E-state index contributed by atoms with van der Waals surface area (Å²) in [5.41, 5.74) is 0. The molecule has 116 valence electrons. The maximum absolute atomic E-state index is 5.59. The molecule has 0 aromatic carbocycles. The second kappa shape index (κ2) is 15.9. The Morgan fingerprint density at radius 3 is 2.26 bits per heavy atom. The van der Waals surface area contributed by atoms with Crippen molar-refractivity contribution in [3.05, 3.63) is 0 Å². The molecule has 0 aliphatic carbocycles. The molecule has 0 spiro atoms. The van der Waals surface area contributed by atoms with Crippen molar-refractivity contribution < 1.29 is 9.47 Å². The Balaban J connectivity index is 2.91. The zero-order chi connectivity index (χ0) is 14.2. The van der Waals surface area contributed by atoms with Crippen molar-refractivity contribution in [2.24, 2.45) is 0 Å². The van der Waals surface area contributed by atoms with Crippen molar-refractivity contribution in [3.63, 3.8) is 0 Å². The maximum atomic E-state index is 5.59. The Morgan fingerprint density at radius 2 is 1.53 bits per heavy atom. The van der Waals surface area contributed by atoms with Crippen LogP contribution in [0.3, 0.4) is 0 Å². The van der Waals surface area contributed by atoms with Crippen LogP contribution >= 0.6 is 0 Å². The van der Waals surface area contributed by atoms with Crippen LogP contribution in [-0.4, -0.2) is 39.0 Å². The van der Waals surface area contributed by atoms with Crippen molar-refractivity contribution in [3.8, 4) is 0 Å². The van der Waals surface area contributed by atoms with E-state index in [2.05, 4.69) is 26.1 Å². The fraction of sp³-hybridized carbons (Fsp3) is 1.00. The third-order valence-corrected chi connectivity index (χ3v) is 3.01. The lowest BCUT2D eigenvalue weighted by atomic mass is 10.1. The normalized spacial score (nSPS) is 11.4. The van der Waals surface area contributed by atoms with Gasteiger partial charge in [-0.15, -0.1) is 0 Å². The highest BCUT2D eigenvalue weighted by Crippen LogP contribution is 2.04. The predicted octanol–water partition coefficient (Wildman–Crippen LogP) is 3.77. The number of nitrogens with one attached hydrogen (secondary N) is 1. The molecule has 0 radical (unpaired) electrons.